The van der Waals surface area contributed by atoms with Gasteiger partial charge in [-0.3, -0.25) is 0 Å². The van der Waals surface area contributed by atoms with Crippen molar-refractivity contribution in [1.29, 1.82) is 0 Å². The van der Waals surface area contributed by atoms with Crippen molar-refractivity contribution >= 4 is 6.09 Å². The van der Waals surface area contributed by atoms with Gasteiger partial charge < -0.3 is 9.64 Å². The molecule has 0 aromatic heterocycles. The van der Waals surface area contributed by atoms with Crippen molar-refractivity contribution < 1.29 is 9.53 Å². The smallest absolute Gasteiger partial charge is 0.409 e. The number of hydrogen-bond acceptors (Lipinski definition) is 2. The molecule has 1 amide bonds. The fraction of sp³-hybridized carbons (Fsp3) is 0.900. The van der Waals surface area contributed by atoms with Crippen molar-refractivity contribution in [3.63, 3.8) is 0 Å². The van der Waals surface area contributed by atoms with Gasteiger partial charge >= 0.3 is 6.09 Å². The lowest BCUT2D eigenvalue weighted by Gasteiger charge is -2.60. The maximum absolute atomic E-state index is 12.3. The molecule has 0 radical (unpaired) electrons. The predicted octanol–water partition coefficient (Wildman–Crippen LogP) is 7.95. The Morgan fingerprint density at radius 1 is 0.970 bits per heavy atom. The van der Waals surface area contributed by atoms with Gasteiger partial charge in [-0.15, -0.1) is 0 Å². The van der Waals surface area contributed by atoms with E-state index in [2.05, 4.69) is 46.8 Å². The second kappa shape index (κ2) is 9.57. The minimum atomic E-state index is -0.197. The second-order valence-corrected chi connectivity index (χ2v) is 13.5. The molecule has 3 fully saturated rings. The third-order valence-corrected chi connectivity index (χ3v) is 11.0. The Morgan fingerprint density at radius 3 is 2.36 bits per heavy atom. The molecule has 4 rings (SSSR count). The number of amides is 1. The van der Waals surface area contributed by atoms with Gasteiger partial charge in [-0.1, -0.05) is 60.0 Å². The van der Waals surface area contributed by atoms with Crippen LogP contribution in [0.25, 0.3) is 0 Å². The summed E-state index contributed by atoms with van der Waals surface area (Å²) in [5.74, 6) is 5.66. The van der Waals surface area contributed by atoms with Crippen molar-refractivity contribution in [1.82, 2.24) is 4.90 Å². The molecule has 9 atom stereocenters. The molecule has 3 heteroatoms. The highest BCUT2D eigenvalue weighted by Gasteiger charge is 2.61. The standard InChI is InChI=1S/C30H51NO2/c1-20(2)10-8-11-21(3)23-15-16-24-22-13-14-26-27(33-28(32)31(6)7)12-9-18-29(26,4)25(22)17-19-30(23,24)5/h9,12,20-27H,8,10-11,13-19H2,1-7H3/t21-,22+,23-,24+,25+,26+,27+,29-,30-/m1/s1. The van der Waals surface area contributed by atoms with Crippen LogP contribution in [-0.4, -0.2) is 31.2 Å². The van der Waals surface area contributed by atoms with Crippen LogP contribution in [0.5, 0.6) is 0 Å². The Balaban J connectivity index is 1.47. The third kappa shape index (κ3) is 4.52. The van der Waals surface area contributed by atoms with E-state index >= 15 is 0 Å². The van der Waals surface area contributed by atoms with Crippen LogP contribution in [0.2, 0.25) is 0 Å². The molecule has 4 aliphatic rings. The summed E-state index contributed by atoms with van der Waals surface area (Å²) in [5, 5.41) is 0. The van der Waals surface area contributed by atoms with E-state index in [-0.39, 0.29) is 17.6 Å². The summed E-state index contributed by atoms with van der Waals surface area (Å²) in [4.78, 5) is 13.9. The third-order valence-electron chi connectivity index (χ3n) is 11.0. The molecule has 0 aromatic carbocycles. The van der Waals surface area contributed by atoms with Gasteiger partial charge in [0, 0.05) is 20.0 Å². The number of ether oxygens (including phenoxy) is 1. The van der Waals surface area contributed by atoms with Crippen LogP contribution in [0.1, 0.15) is 98.8 Å². The maximum Gasteiger partial charge on any atom is 0.409 e. The number of carbonyl (C=O) groups is 1. The first-order valence-electron chi connectivity index (χ1n) is 14.1. The number of fused-ring (bicyclic) bond motifs is 5. The van der Waals surface area contributed by atoms with Gasteiger partial charge in [0.2, 0.25) is 0 Å². The normalized spacial score (nSPS) is 42.9. The summed E-state index contributed by atoms with van der Waals surface area (Å²) in [6, 6.07) is 0. The molecular weight excluding hydrogens is 406 g/mol. The highest BCUT2D eigenvalue weighted by molar-refractivity contribution is 5.67. The zero-order chi connectivity index (χ0) is 24.0. The van der Waals surface area contributed by atoms with E-state index in [9.17, 15) is 4.79 Å². The van der Waals surface area contributed by atoms with E-state index in [1.807, 2.05) is 0 Å². The molecule has 0 N–H and O–H groups in total. The number of allylic oxidation sites excluding steroid dienone is 1. The monoisotopic (exact) mass is 457 g/mol. The molecule has 33 heavy (non-hydrogen) atoms. The van der Waals surface area contributed by atoms with Crippen LogP contribution < -0.4 is 0 Å². The van der Waals surface area contributed by atoms with Crippen molar-refractivity contribution in [3.8, 4) is 0 Å². The van der Waals surface area contributed by atoms with Crippen molar-refractivity contribution in [2.45, 2.75) is 105 Å². The van der Waals surface area contributed by atoms with E-state index in [0.29, 0.717) is 11.3 Å². The Labute approximate surface area is 204 Å². The average Bonchev–Trinajstić information content (AvgIpc) is 3.10. The van der Waals surface area contributed by atoms with Crippen molar-refractivity contribution in [2.24, 2.45) is 52.3 Å². The van der Waals surface area contributed by atoms with Gasteiger partial charge in [-0.25, -0.2) is 4.79 Å². The van der Waals surface area contributed by atoms with Crippen molar-refractivity contribution in [3.05, 3.63) is 12.2 Å². The summed E-state index contributed by atoms with van der Waals surface area (Å²) < 4.78 is 5.98. The molecule has 4 aliphatic carbocycles. The lowest BCUT2D eigenvalue weighted by molar-refractivity contribution is -0.124. The van der Waals surface area contributed by atoms with E-state index in [4.69, 9.17) is 4.74 Å². The molecule has 3 nitrogen and oxygen atoms in total. The van der Waals surface area contributed by atoms with Crippen LogP contribution in [0, 0.1) is 52.3 Å². The number of hydrogen-bond donors (Lipinski definition) is 0. The number of carbonyl (C=O) groups excluding carboxylic acids is 1. The number of rotatable bonds is 6. The fourth-order valence-electron chi connectivity index (χ4n) is 9.29. The van der Waals surface area contributed by atoms with E-state index < -0.39 is 0 Å². The minimum Gasteiger partial charge on any atom is -0.442 e. The lowest BCUT2D eigenvalue weighted by Crippen LogP contribution is -2.55. The van der Waals surface area contributed by atoms with Crippen LogP contribution in [0.3, 0.4) is 0 Å². The van der Waals surface area contributed by atoms with Gasteiger partial charge in [-0.2, -0.15) is 0 Å². The summed E-state index contributed by atoms with van der Waals surface area (Å²) in [6.07, 6.45) is 17.9. The SMILES string of the molecule is CC(C)CCC[C@@H](C)[C@H]1CC[C@H]2[C@@H]3CC[C@H]4[C@@H](OC(=O)N(C)C)C=CC[C@]4(C)[C@H]3CC[C@]12C. The van der Waals surface area contributed by atoms with Crippen molar-refractivity contribution in [2.75, 3.05) is 14.1 Å². The highest BCUT2D eigenvalue weighted by atomic mass is 16.6. The lowest BCUT2D eigenvalue weighted by atomic mass is 9.45. The summed E-state index contributed by atoms with van der Waals surface area (Å²) in [6.45, 7) is 12.5. The molecule has 0 bridgehead atoms. The van der Waals surface area contributed by atoms with Crippen LogP contribution in [0.4, 0.5) is 4.79 Å². The summed E-state index contributed by atoms with van der Waals surface area (Å²) in [5.41, 5.74) is 0.820. The zero-order valence-corrected chi connectivity index (χ0v) is 22.6. The topological polar surface area (TPSA) is 29.5 Å². The molecule has 0 aromatic rings. The Kier molecular flexibility index (Phi) is 7.29. The molecule has 3 saturated carbocycles. The van der Waals surface area contributed by atoms with Gasteiger partial charge in [-0.05, 0) is 97.4 Å². The zero-order valence-electron chi connectivity index (χ0n) is 22.6. The first-order valence-corrected chi connectivity index (χ1v) is 14.1. The Bertz CT molecular complexity index is 729. The Hall–Kier alpha value is -0.990. The highest BCUT2D eigenvalue weighted by Crippen LogP contribution is 2.68. The Morgan fingerprint density at radius 2 is 1.67 bits per heavy atom. The molecule has 0 heterocycles. The predicted molar refractivity (Wildman–Crippen MR) is 137 cm³/mol. The summed E-state index contributed by atoms with van der Waals surface area (Å²) >= 11 is 0. The largest absolute Gasteiger partial charge is 0.442 e. The number of nitrogens with zero attached hydrogens (tertiary/aromatic N) is 1. The quantitative estimate of drug-likeness (QED) is 0.379. The fourth-order valence-corrected chi connectivity index (χ4v) is 9.29. The first kappa shape index (κ1) is 25.1. The van der Waals surface area contributed by atoms with Gasteiger partial charge in [0.05, 0.1) is 0 Å². The molecule has 0 unspecified atom stereocenters. The molecule has 188 valence electrons. The maximum atomic E-state index is 12.3. The molecule has 0 spiro atoms. The molecular formula is C30H51NO2. The van der Waals surface area contributed by atoms with Gasteiger partial charge in [0.15, 0.2) is 0 Å². The summed E-state index contributed by atoms with van der Waals surface area (Å²) in [7, 11) is 3.57. The van der Waals surface area contributed by atoms with E-state index in [1.165, 1.54) is 57.8 Å². The minimum absolute atomic E-state index is 0.0507. The van der Waals surface area contributed by atoms with Gasteiger partial charge in [0.25, 0.3) is 0 Å². The van der Waals surface area contributed by atoms with Crippen LogP contribution in [-0.2, 0) is 4.74 Å². The van der Waals surface area contributed by atoms with Gasteiger partial charge in [0.1, 0.15) is 6.10 Å². The molecule has 0 saturated heterocycles. The average molecular weight is 458 g/mol. The van der Waals surface area contributed by atoms with E-state index in [0.717, 1.165) is 41.9 Å². The first-order chi connectivity index (χ1) is 15.6. The molecule has 0 aliphatic heterocycles. The van der Waals surface area contributed by atoms with Crippen LogP contribution in [0.15, 0.2) is 12.2 Å². The van der Waals surface area contributed by atoms with E-state index in [1.54, 1.807) is 19.0 Å². The second-order valence-electron chi connectivity index (χ2n) is 13.5. The van der Waals surface area contributed by atoms with Crippen LogP contribution >= 0.6 is 0 Å².